The minimum atomic E-state index is -0.927. The third-order valence-corrected chi connectivity index (χ3v) is 4.33. The van der Waals surface area contributed by atoms with Crippen molar-refractivity contribution < 1.29 is 23.5 Å². The highest BCUT2D eigenvalue weighted by molar-refractivity contribution is 9.10. The van der Waals surface area contributed by atoms with Crippen molar-refractivity contribution in [3.05, 3.63) is 56.6 Å². The predicted octanol–water partition coefficient (Wildman–Crippen LogP) is 3.17. The van der Waals surface area contributed by atoms with Crippen LogP contribution in [0.15, 0.2) is 45.2 Å². The van der Waals surface area contributed by atoms with Crippen LogP contribution in [0.3, 0.4) is 0 Å². The molecule has 0 unspecified atom stereocenters. The molecule has 0 aliphatic carbocycles. The molecule has 1 heterocycles. The molecule has 7 heteroatoms. The molecule has 0 bridgehead atoms. The zero-order chi connectivity index (χ0) is 18.0. The van der Waals surface area contributed by atoms with Crippen molar-refractivity contribution in [2.24, 2.45) is 0 Å². The average Bonchev–Trinajstić information content (AvgIpc) is 2.55. The molecular weight excluding hydrogens is 381 g/mol. The molecule has 1 aliphatic rings. The third-order valence-electron chi connectivity index (χ3n) is 3.84. The Bertz CT molecular complexity index is 732. The largest absolute Gasteiger partial charge is 0.466 e. The summed E-state index contributed by atoms with van der Waals surface area (Å²) in [4.78, 5) is 24.6. The van der Waals surface area contributed by atoms with Gasteiger partial charge in [0.15, 0.2) is 0 Å². The monoisotopic (exact) mass is 397 g/mol. The van der Waals surface area contributed by atoms with E-state index >= 15 is 0 Å². The lowest BCUT2D eigenvalue weighted by molar-refractivity contribution is -0.137. The van der Waals surface area contributed by atoms with Gasteiger partial charge in [-0.05, 0) is 32.0 Å². The molecule has 1 aromatic rings. The van der Waals surface area contributed by atoms with Gasteiger partial charge in [-0.15, -0.1) is 0 Å². The second-order valence-corrected chi connectivity index (χ2v) is 6.20. The number of ether oxygens (including phenoxy) is 2. The number of hydrogen-bond donors (Lipinski definition) is 1. The summed E-state index contributed by atoms with van der Waals surface area (Å²) >= 11 is 3.29. The van der Waals surface area contributed by atoms with E-state index in [9.17, 15) is 14.0 Å². The molecule has 0 spiro atoms. The Morgan fingerprint density at radius 1 is 1.08 bits per heavy atom. The van der Waals surface area contributed by atoms with E-state index in [1.165, 1.54) is 26.4 Å². The fourth-order valence-electron chi connectivity index (χ4n) is 2.80. The maximum absolute atomic E-state index is 14.5. The van der Waals surface area contributed by atoms with Gasteiger partial charge in [0.1, 0.15) is 5.82 Å². The van der Waals surface area contributed by atoms with Crippen LogP contribution in [0, 0.1) is 5.82 Å². The Hall–Kier alpha value is -2.15. The first-order chi connectivity index (χ1) is 11.3. The number of dihydropyridines is 1. The lowest BCUT2D eigenvalue weighted by Crippen LogP contribution is -2.32. The van der Waals surface area contributed by atoms with Crippen LogP contribution >= 0.6 is 15.9 Å². The lowest BCUT2D eigenvalue weighted by Gasteiger charge is -2.30. The Balaban J connectivity index is 2.77. The van der Waals surface area contributed by atoms with Crippen molar-refractivity contribution in [1.82, 2.24) is 5.32 Å². The van der Waals surface area contributed by atoms with Crippen molar-refractivity contribution in [3.63, 3.8) is 0 Å². The van der Waals surface area contributed by atoms with Crippen LogP contribution in [0.2, 0.25) is 0 Å². The highest BCUT2D eigenvalue weighted by atomic mass is 79.9. The van der Waals surface area contributed by atoms with Gasteiger partial charge >= 0.3 is 11.9 Å². The average molecular weight is 398 g/mol. The van der Waals surface area contributed by atoms with E-state index in [2.05, 4.69) is 21.2 Å². The quantitative estimate of drug-likeness (QED) is 0.793. The summed E-state index contributed by atoms with van der Waals surface area (Å²) in [7, 11) is 2.47. The van der Waals surface area contributed by atoms with E-state index in [1.54, 1.807) is 19.9 Å². The molecule has 2 rings (SSSR count). The van der Waals surface area contributed by atoms with Crippen molar-refractivity contribution in [1.29, 1.82) is 0 Å². The number of allylic oxidation sites excluding steroid dienone is 2. The number of rotatable bonds is 3. The number of methoxy groups -OCH3 is 2. The van der Waals surface area contributed by atoms with Crippen LogP contribution in [0.25, 0.3) is 0 Å². The summed E-state index contributed by atoms with van der Waals surface area (Å²) in [5, 5.41) is 2.97. The van der Waals surface area contributed by atoms with E-state index in [0.717, 1.165) is 0 Å². The van der Waals surface area contributed by atoms with Crippen LogP contribution in [-0.4, -0.2) is 26.2 Å². The third kappa shape index (κ3) is 3.21. The van der Waals surface area contributed by atoms with E-state index in [4.69, 9.17) is 9.47 Å². The van der Waals surface area contributed by atoms with Gasteiger partial charge in [-0.3, -0.25) is 0 Å². The van der Waals surface area contributed by atoms with Gasteiger partial charge in [-0.1, -0.05) is 15.9 Å². The highest BCUT2D eigenvalue weighted by Crippen LogP contribution is 2.40. The Labute approximate surface area is 147 Å². The summed E-state index contributed by atoms with van der Waals surface area (Å²) in [6, 6.07) is 4.36. The Morgan fingerprint density at radius 3 is 2.04 bits per heavy atom. The second kappa shape index (κ2) is 7.17. The van der Waals surface area contributed by atoms with Crippen molar-refractivity contribution >= 4 is 27.9 Å². The molecule has 1 N–H and O–H groups in total. The zero-order valence-electron chi connectivity index (χ0n) is 13.7. The summed E-state index contributed by atoms with van der Waals surface area (Å²) in [6.45, 7) is 3.35. The highest BCUT2D eigenvalue weighted by Gasteiger charge is 2.38. The summed E-state index contributed by atoms with van der Waals surface area (Å²) in [5.41, 5.74) is 1.51. The van der Waals surface area contributed by atoms with Gasteiger partial charge in [-0.25, -0.2) is 14.0 Å². The molecule has 0 aromatic heterocycles. The predicted molar refractivity (Wildman–Crippen MR) is 89.4 cm³/mol. The molecule has 0 saturated heterocycles. The van der Waals surface area contributed by atoms with Crippen LogP contribution < -0.4 is 5.32 Å². The minimum Gasteiger partial charge on any atom is -0.466 e. The van der Waals surface area contributed by atoms with E-state index in [-0.39, 0.29) is 16.7 Å². The smallest absolute Gasteiger partial charge is 0.336 e. The first-order valence-corrected chi connectivity index (χ1v) is 7.91. The van der Waals surface area contributed by atoms with Crippen molar-refractivity contribution in [2.75, 3.05) is 14.2 Å². The van der Waals surface area contributed by atoms with Gasteiger partial charge in [0.25, 0.3) is 0 Å². The van der Waals surface area contributed by atoms with Gasteiger partial charge in [0, 0.05) is 21.4 Å². The Kier molecular flexibility index (Phi) is 5.43. The molecule has 0 fully saturated rings. The summed E-state index contributed by atoms with van der Waals surface area (Å²) in [6.07, 6.45) is 0. The van der Waals surface area contributed by atoms with Crippen molar-refractivity contribution in [3.8, 4) is 0 Å². The standard InChI is InChI=1S/C17H17BrFNO4/c1-8-13(16(21)23-3)15(11-7-10(18)5-6-12(11)19)14(9(2)20-8)17(22)24-4/h5-7,15,20H,1-4H3. The molecule has 0 amide bonds. The number of carbonyl (C=O) groups excluding carboxylic acids is 2. The van der Waals surface area contributed by atoms with Crippen LogP contribution in [0.5, 0.6) is 0 Å². The number of halogens is 2. The maximum Gasteiger partial charge on any atom is 0.336 e. The fourth-order valence-corrected chi connectivity index (χ4v) is 3.18. The van der Waals surface area contributed by atoms with E-state index < -0.39 is 23.7 Å². The SMILES string of the molecule is COC(=O)C1=C(C)NC(C)=C(C(=O)OC)C1c1cc(Br)ccc1F. The van der Waals surface area contributed by atoms with Gasteiger partial charge in [0.05, 0.1) is 31.3 Å². The molecule has 1 aromatic carbocycles. The molecule has 0 atom stereocenters. The number of benzene rings is 1. The molecule has 0 radical (unpaired) electrons. The number of nitrogens with one attached hydrogen (secondary N) is 1. The Morgan fingerprint density at radius 2 is 1.58 bits per heavy atom. The summed E-state index contributed by atoms with van der Waals surface area (Å²) in [5.74, 6) is -2.74. The first-order valence-electron chi connectivity index (χ1n) is 7.12. The second-order valence-electron chi connectivity index (χ2n) is 5.28. The molecule has 0 saturated carbocycles. The molecule has 1 aliphatic heterocycles. The zero-order valence-corrected chi connectivity index (χ0v) is 15.3. The van der Waals surface area contributed by atoms with Gasteiger partial charge in [-0.2, -0.15) is 0 Å². The molecule has 5 nitrogen and oxygen atoms in total. The lowest BCUT2D eigenvalue weighted by atomic mass is 9.80. The normalized spacial score (nSPS) is 15.2. The van der Waals surface area contributed by atoms with Gasteiger partial charge in [0.2, 0.25) is 0 Å². The number of esters is 2. The van der Waals surface area contributed by atoms with Crippen LogP contribution in [-0.2, 0) is 19.1 Å². The van der Waals surface area contributed by atoms with Crippen LogP contribution in [0.4, 0.5) is 4.39 Å². The minimum absolute atomic E-state index is 0.167. The number of hydrogen-bond acceptors (Lipinski definition) is 5. The van der Waals surface area contributed by atoms with E-state index in [1.807, 2.05) is 0 Å². The van der Waals surface area contributed by atoms with E-state index in [0.29, 0.717) is 15.9 Å². The molecule has 128 valence electrons. The topological polar surface area (TPSA) is 64.6 Å². The van der Waals surface area contributed by atoms with Crippen molar-refractivity contribution in [2.45, 2.75) is 19.8 Å². The molecular formula is C17H17BrFNO4. The molecule has 24 heavy (non-hydrogen) atoms. The summed E-state index contributed by atoms with van der Waals surface area (Å²) < 4.78 is 24.8. The van der Waals surface area contributed by atoms with Crippen LogP contribution in [0.1, 0.15) is 25.3 Å². The van der Waals surface area contributed by atoms with Gasteiger partial charge < -0.3 is 14.8 Å². The number of carbonyl (C=O) groups is 2. The maximum atomic E-state index is 14.5. The fraction of sp³-hybridized carbons (Fsp3) is 0.294. The first kappa shape index (κ1) is 18.2.